The molecule has 2 aromatic heterocycles. The quantitative estimate of drug-likeness (QED) is 0.247. The summed E-state index contributed by atoms with van der Waals surface area (Å²) in [4.78, 5) is 22.9. The van der Waals surface area contributed by atoms with Crippen molar-refractivity contribution in [1.29, 1.82) is 0 Å². The Bertz CT molecular complexity index is 1580. The van der Waals surface area contributed by atoms with Crippen molar-refractivity contribution in [3.05, 3.63) is 89.3 Å². The Kier molecular flexibility index (Phi) is 6.88. The van der Waals surface area contributed by atoms with Gasteiger partial charge in [-0.15, -0.1) is 11.3 Å². The number of fused-ring (bicyclic) bond motifs is 1. The number of hydrogen-bond donors (Lipinski definition) is 1. The Balaban J connectivity index is 1.47. The van der Waals surface area contributed by atoms with Crippen LogP contribution in [0.5, 0.6) is 11.5 Å². The van der Waals surface area contributed by atoms with Crippen molar-refractivity contribution in [2.24, 2.45) is 0 Å². The molecule has 0 atom stereocenters. The topological polar surface area (TPSA) is 73.3 Å². The maximum absolute atomic E-state index is 13.5. The molecule has 1 amide bonds. The molecule has 5 aromatic rings. The zero-order chi connectivity index (χ0) is 25.9. The highest BCUT2D eigenvalue weighted by atomic mass is 32.1. The van der Waals surface area contributed by atoms with Crippen LogP contribution in [0.2, 0.25) is 0 Å². The standard InChI is InChI=1S/C30H27N3O3S/c1-18(2)19-9-11-20(12-10-19)26-17-37-30(32-26)33-29(34)23-16-25(31-24-8-6-5-7-22(23)24)21-13-14-27(35-3)28(15-21)36-4/h5-18H,1-4H3,(H,32,33,34). The van der Waals surface area contributed by atoms with Gasteiger partial charge in [0.1, 0.15) is 0 Å². The third kappa shape index (κ3) is 5.04. The lowest BCUT2D eigenvalue weighted by molar-refractivity contribution is 0.102. The third-order valence-corrected chi connectivity index (χ3v) is 7.00. The zero-order valence-electron chi connectivity index (χ0n) is 21.1. The van der Waals surface area contributed by atoms with Crippen LogP contribution in [0.25, 0.3) is 33.4 Å². The van der Waals surface area contributed by atoms with E-state index in [0.717, 1.165) is 27.7 Å². The maximum Gasteiger partial charge on any atom is 0.258 e. The molecule has 3 aromatic carbocycles. The summed E-state index contributed by atoms with van der Waals surface area (Å²) in [7, 11) is 3.19. The Labute approximate surface area is 219 Å². The molecule has 7 heteroatoms. The van der Waals surface area contributed by atoms with Crippen LogP contribution < -0.4 is 14.8 Å². The normalized spacial score (nSPS) is 11.1. The lowest BCUT2D eigenvalue weighted by Gasteiger charge is -2.12. The summed E-state index contributed by atoms with van der Waals surface area (Å²) in [5.74, 6) is 1.45. The van der Waals surface area contributed by atoms with Gasteiger partial charge in [-0.25, -0.2) is 9.97 Å². The summed E-state index contributed by atoms with van der Waals surface area (Å²) in [5, 5.41) is 6.26. The lowest BCUT2D eigenvalue weighted by Crippen LogP contribution is -2.13. The first-order valence-electron chi connectivity index (χ1n) is 12.0. The van der Waals surface area contributed by atoms with E-state index in [-0.39, 0.29) is 5.91 Å². The number of benzene rings is 3. The Morgan fingerprint density at radius 1 is 0.838 bits per heavy atom. The van der Waals surface area contributed by atoms with E-state index in [4.69, 9.17) is 14.5 Å². The van der Waals surface area contributed by atoms with Crippen LogP contribution in [0.3, 0.4) is 0 Å². The first kappa shape index (κ1) is 24.5. The van der Waals surface area contributed by atoms with E-state index < -0.39 is 0 Å². The van der Waals surface area contributed by atoms with Crippen molar-refractivity contribution in [2.45, 2.75) is 19.8 Å². The van der Waals surface area contributed by atoms with Gasteiger partial charge in [0.25, 0.3) is 5.91 Å². The number of methoxy groups -OCH3 is 2. The van der Waals surface area contributed by atoms with E-state index in [0.29, 0.717) is 33.8 Å². The second-order valence-corrected chi connectivity index (χ2v) is 9.77. The lowest BCUT2D eigenvalue weighted by atomic mass is 10.0. The van der Waals surface area contributed by atoms with Gasteiger partial charge in [0, 0.05) is 21.9 Å². The molecule has 0 unspecified atom stereocenters. The van der Waals surface area contributed by atoms with Gasteiger partial charge in [0.05, 0.1) is 36.7 Å². The molecule has 2 heterocycles. The number of nitrogens with zero attached hydrogens (tertiary/aromatic N) is 2. The molecule has 0 aliphatic carbocycles. The van der Waals surface area contributed by atoms with Gasteiger partial charge in [-0.2, -0.15) is 0 Å². The molecule has 0 radical (unpaired) electrons. The van der Waals surface area contributed by atoms with E-state index >= 15 is 0 Å². The van der Waals surface area contributed by atoms with E-state index in [9.17, 15) is 4.79 Å². The fourth-order valence-electron chi connectivity index (χ4n) is 4.17. The van der Waals surface area contributed by atoms with Gasteiger partial charge in [-0.05, 0) is 41.8 Å². The molecule has 0 saturated heterocycles. The molecular formula is C30H27N3O3S. The average Bonchev–Trinajstić information content (AvgIpc) is 3.40. The largest absolute Gasteiger partial charge is 0.493 e. The Morgan fingerprint density at radius 3 is 2.30 bits per heavy atom. The first-order chi connectivity index (χ1) is 18.0. The van der Waals surface area contributed by atoms with Crippen LogP contribution in [0, 0.1) is 0 Å². The van der Waals surface area contributed by atoms with Crippen molar-refractivity contribution < 1.29 is 14.3 Å². The van der Waals surface area contributed by atoms with Crippen molar-refractivity contribution in [3.8, 4) is 34.0 Å². The zero-order valence-corrected chi connectivity index (χ0v) is 21.9. The molecule has 6 nitrogen and oxygen atoms in total. The number of hydrogen-bond acceptors (Lipinski definition) is 6. The highest BCUT2D eigenvalue weighted by molar-refractivity contribution is 7.14. The molecule has 0 fully saturated rings. The van der Waals surface area contributed by atoms with E-state index in [1.807, 2.05) is 47.8 Å². The third-order valence-electron chi connectivity index (χ3n) is 6.24. The molecule has 0 aliphatic heterocycles. The second kappa shape index (κ2) is 10.4. The molecule has 0 aliphatic rings. The molecule has 1 N–H and O–H groups in total. The fraction of sp³-hybridized carbons (Fsp3) is 0.167. The van der Waals surface area contributed by atoms with Crippen LogP contribution in [0.15, 0.2) is 78.2 Å². The number of thiazole rings is 1. The van der Waals surface area contributed by atoms with Gasteiger partial charge < -0.3 is 9.47 Å². The molecule has 0 bridgehead atoms. The van der Waals surface area contributed by atoms with Crippen LogP contribution in [0.1, 0.15) is 35.7 Å². The van der Waals surface area contributed by atoms with Crippen molar-refractivity contribution in [1.82, 2.24) is 9.97 Å². The summed E-state index contributed by atoms with van der Waals surface area (Å²) in [5.41, 5.74) is 5.86. The first-order valence-corrected chi connectivity index (χ1v) is 12.8. The van der Waals surface area contributed by atoms with Crippen LogP contribution in [0.4, 0.5) is 5.13 Å². The molecular weight excluding hydrogens is 482 g/mol. The highest BCUT2D eigenvalue weighted by Crippen LogP contribution is 2.34. The molecule has 5 rings (SSSR count). The van der Waals surface area contributed by atoms with E-state index in [1.54, 1.807) is 20.3 Å². The smallest absolute Gasteiger partial charge is 0.258 e. The number of aromatic nitrogens is 2. The van der Waals surface area contributed by atoms with E-state index in [1.165, 1.54) is 16.9 Å². The number of carbonyl (C=O) groups excluding carboxylic acids is 1. The van der Waals surface area contributed by atoms with Gasteiger partial charge in [-0.1, -0.05) is 56.3 Å². The predicted molar refractivity (Wildman–Crippen MR) is 150 cm³/mol. The maximum atomic E-state index is 13.5. The summed E-state index contributed by atoms with van der Waals surface area (Å²) in [6, 6.07) is 23.4. The number of ether oxygens (including phenoxy) is 2. The average molecular weight is 510 g/mol. The number of carbonyl (C=O) groups is 1. The minimum Gasteiger partial charge on any atom is -0.493 e. The number of para-hydroxylation sites is 1. The van der Waals surface area contributed by atoms with Crippen molar-refractivity contribution >= 4 is 33.3 Å². The number of rotatable bonds is 7. The molecule has 0 saturated carbocycles. The van der Waals surface area contributed by atoms with Gasteiger partial charge >= 0.3 is 0 Å². The van der Waals surface area contributed by atoms with Crippen LogP contribution >= 0.6 is 11.3 Å². The summed E-state index contributed by atoms with van der Waals surface area (Å²) >= 11 is 1.40. The summed E-state index contributed by atoms with van der Waals surface area (Å²) < 4.78 is 10.8. The SMILES string of the molecule is COc1ccc(-c2cc(C(=O)Nc3nc(-c4ccc(C(C)C)cc4)cs3)c3ccccc3n2)cc1OC. The second-order valence-electron chi connectivity index (χ2n) is 8.91. The van der Waals surface area contributed by atoms with Gasteiger partial charge in [0.2, 0.25) is 0 Å². The number of pyridine rings is 1. The Hall–Kier alpha value is -4.23. The van der Waals surface area contributed by atoms with Crippen LogP contribution in [-0.2, 0) is 0 Å². The summed E-state index contributed by atoms with van der Waals surface area (Å²) in [6.07, 6.45) is 0. The number of amides is 1. The monoisotopic (exact) mass is 509 g/mol. The number of anilines is 1. The molecule has 37 heavy (non-hydrogen) atoms. The molecule has 0 spiro atoms. The molecule has 186 valence electrons. The van der Waals surface area contributed by atoms with Crippen molar-refractivity contribution in [3.63, 3.8) is 0 Å². The number of nitrogens with one attached hydrogen (secondary N) is 1. The van der Waals surface area contributed by atoms with Crippen LogP contribution in [-0.4, -0.2) is 30.1 Å². The predicted octanol–water partition coefficient (Wildman–Crippen LogP) is 7.42. The van der Waals surface area contributed by atoms with Crippen molar-refractivity contribution in [2.75, 3.05) is 19.5 Å². The fourth-order valence-corrected chi connectivity index (χ4v) is 4.89. The Morgan fingerprint density at radius 2 is 1.57 bits per heavy atom. The van der Waals surface area contributed by atoms with Gasteiger partial charge in [0.15, 0.2) is 16.6 Å². The minimum absolute atomic E-state index is 0.239. The van der Waals surface area contributed by atoms with E-state index in [2.05, 4.69) is 48.4 Å². The summed E-state index contributed by atoms with van der Waals surface area (Å²) in [6.45, 7) is 4.34. The highest BCUT2D eigenvalue weighted by Gasteiger charge is 2.17. The van der Waals surface area contributed by atoms with Gasteiger partial charge in [-0.3, -0.25) is 10.1 Å². The minimum atomic E-state index is -0.239.